The second-order valence-corrected chi connectivity index (χ2v) is 7.48. The molecule has 0 aromatic heterocycles. The lowest BCUT2D eigenvalue weighted by atomic mass is 10.0. The van der Waals surface area contributed by atoms with Crippen LogP contribution in [0, 0.1) is 11.8 Å². The summed E-state index contributed by atoms with van der Waals surface area (Å²) in [6, 6.07) is 18.7. The highest BCUT2D eigenvalue weighted by Crippen LogP contribution is 2.22. The molecule has 0 aliphatic heterocycles. The van der Waals surface area contributed by atoms with E-state index in [0.29, 0.717) is 12.1 Å². The molecule has 5 heteroatoms. The zero-order valence-electron chi connectivity index (χ0n) is 17.8. The number of hydrogen-bond donors (Lipinski definition) is 2. The molecule has 0 aliphatic rings. The van der Waals surface area contributed by atoms with Crippen LogP contribution in [0.1, 0.15) is 28.4 Å². The number of carbonyl (C=O) groups excluding carboxylic acids is 1. The largest absolute Gasteiger partial charge is 0.478 e. The molecule has 0 atom stereocenters. The summed E-state index contributed by atoms with van der Waals surface area (Å²) < 4.78 is 0. The second kappa shape index (κ2) is 9.75. The number of anilines is 1. The first-order valence-corrected chi connectivity index (χ1v) is 9.83. The molecule has 5 nitrogen and oxygen atoms in total. The van der Waals surface area contributed by atoms with Gasteiger partial charge in [-0.2, -0.15) is 0 Å². The number of carboxylic acid groups (broad SMARTS) is 1. The van der Waals surface area contributed by atoms with Gasteiger partial charge in [0.1, 0.15) is 0 Å². The van der Waals surface area contributed by atoms with Crippen LogP contribution in [0.4, 0.5) is 5.69 Å². The predicted molar refractivity (Wildman–Crippen MR) is 125 cm³/mol. The Balaban J connectivity index is 1.84. The first kappa shape index (κ1) is 21.8. The Morgan fingerprint density at radius 3 is 2.48 bits per heavy atom. The highest BCUT2D eigenvalue weighted by Gasteiger charge is 2.12. The smallest absolute Gasteiger partial charge is 0.337 e. The van der Waals surface area contributed by atoms with Crippen LogP contribution in [-0.2, 0) is 4.79 Å². The molecule has 0 saturated carbocycles. The van der Waals surface area contributed by atoms with Crippen LogP contribution in [0.5, 0.6) is 0 Å². The number of nitrogens with zero attached hydrogens (tertiary/aromatic N) is 1. The Kier molecular flexibility index (Phi) is 6.86. The lowest BCUT2D eigenvalue weighted by Gasteiger charge is -2.09. The molecule has 2 N–H and O–H groups in total. The van der Waals surface area contributed by atoms with E-state index in [9.17, 15) is 14.7 Å². The fourth-order valence-corrected chi connectivity index (χ4v) is 3.10. The summed E-state index contributed by atoms with van der Waals surface area (Å²) in [4.78, 5) is 26.1. The average molecular weight is 412 g/mol. The first-order valence-electron chi connectivity index (χ1n) is 9.83. The van der Waals surface area contributed by atoms with Crippen molar-refractivity contribution in [3.8, 4) is 11.8 Å². The molecule has 3 aromatic rings. The number of carboxylic acids is 1. The van der Waals surface area contributed by atoms with Gasteiger partial charge in [-0.1, -0.05) is 48.2 Å². The van der Waals surface area contributed by atoms with Crippen molar-refractivity contribution in [2.75, 3.05) is 26.0 Å². The molecular formula is C26H24N2O3. The predicted octanol–water partition coefficient (Wildman–Crippen LogP) is 4.49. The van der Waals surface area contributed by atoms with Crippen molar-refractivity contribution < 1.29 is 14.7 Å². The van der Waals surface area contributed by atoms with Crippen molar-refractivity contribution in [2.45, 2.75) is 6.92 Å². The summed E-state index contributed by atoms with van der Waals surface area (Å²) in [5.74, 6) is 4.48. The second-order valence-electron chi connectivity index (χ2n) is 7.48. The van der Waals surface area contributed by atoms with E-state index in [1.165, 1.54) is 12.1 Å². The molecule has 0 radical (unpaired) electrons. The molecule has 0 saturated heterocycles. The number of nitrogens with one attached hydrogen (secondary N) is 1. The third kappa shape index (κ3) is 5.81. The Hall–Kier alpha value is -3.88. The van der Waals surface area contributed by atoms with Gasteiger partial charge in [-0.3, -0.25) is 9.69 Å². The third-order valence-corrected chi connectivity index (χ3v) is 4.69. The third-order valence-electron chi connectivity index (χ3n) is 4.69. The maximum Gasteiger partial charge on any atom is 0.337 e. The van der Waals surface area contributed by atoms with Gasteiger partial charge in [0.2, 0.25) is 5.91 Å². The van der Waals surface area contributed by atoms with Crippen molar-refractivity contribution in [3.05, 3.63) is 83.4 Å². The van der Waals surface area contributed by atoms with Gasteiger partial charge < -0.3 is 10.4 Å². The normalized spacial score (nSPS) is 11.2. The molecule has 31 heavy (non-hydrogen) atoms. The van der Waals surface area contributed by atoms with Gasteiger partial charge in [-0.25, -0.2) is 4.79 Å². The van der Waals surface area contributed by atoms with E-state index in [1.54, 1.807) is 12.1 Å². The van der Waals surface area contributed by atoms with Crippen LogP contribution in [-0.4, -0.2) is 42.5 Å². The zero-order valence-corrected chi connectivity index (χ0v) is 17.8. The monoisotopic (exact) mass is 412 g/mol. The maximum atomic E-state index is 12.6. The van der Waals surface area contributed by atoms with E-state index in [1.807, 2.05) is 68.4 Å². The number of allylic oxidation sites excluding steroid dienone is 1. The highest BCUT2D eigenvalue weighted by atomic mass is 16.4. The highest BCUT2D eigenvalue weighted by molar-refractivity contribution is 6.07. The minimum absolute atomic E-state index is 0.0169. The van der Waals surface area contributed by atoms with Crippen molar-refractivity contribution in [1.29, 1.82) is 0 Å². The quantitative estimate of drug-likeness (QED) is 0.478. The van der Waals surface area contributed by atoms with Crippen molar-refractivity contribution in [1.82, 2.24) is 4.90 Å². The van der Waals surface area contributed by atoms with E-state index in [0.717, 1.165) is 21.9 Å². The summed E-state index contributed by atoms with van der Waals surface area (Å²) in [6.45, 7) is 2.43. The summed E-state index contributed by atoms with van der Waals surface area (Å²) in [7, 11) is 3.83. The molecule has 0 bridgehead atoms. The summed E-state index contributed by atoms with van der Waals surface area (Å²) in [6.07, 6.45) is 1.47. The standard InChI is InChI=1S/C26H24N2O3/c1-18(21-12-11-20-8-4-5-9-22(20)17-21)15-25(29)27-24-16-19(7-6-14-28(2)3)10-13-23(24)26(30)31/h4-5,8-13,15-17H,14H2,1-3H3,(H,27,29)(H,30,31). The number of amides is 1. The van der Waals surface area contributed by atoms with Gasteiger partial charge in [0.25, 0.3) is 0 Å². The van der Waals surface area contributed by atoms with Crippen LogP contribution < -0.4 is 5.32 Å². The number of rotatable bonds is 5. The fourth-order valence-electron chi connectivity index (χ4n) is 3.10. The van der Waals surface area contributed by atoms with Gasteiger partial charge in [-0.05, 0) is 67.2 Å². The zero-order chi connectivity index (χ0) is 22.4. The molecule has 3 aromatic carbocycles. The number of carbonyl (C=O) groups is 2. The Morgan fingerprint density at radius 1 is 1.03 bits per heavy atom. The van der Waals surface area contributed by atoms with Gasteiger partial charge in [0.15, 0.2) is 0 Å². The number of benzene rings is 3. The lowest BCUT2D eigenvalue weighted by Crippen LogP contribution is -2.13. The minimum Gasteiger partial charge on any atom is -0.478 e. The topological polar surface area (TPSA) is 69.6 Å². The molecule has 3 rings (SSSR count). The molecule has 0 fully saturated rings. The molecule has 0 aliphatic carbocycles. The number of fused-ring (bicyclic) bond motifs is 1. The summed E-state index contributed by atoms with van der Waals surface area (Å²) in [5, 5.41) is 14.4. The van der Waals surface area contributed by atoms with Gasteiger partial charge in [0, 0.05) is 11.6 Å². The Bertz CT molecular complexity index is 1230. The molecular weight excluding hydrogens is 388 g/mol. The van der Waals surface area contributed by atoms with E-state index in [2.05, 4.69) is 17.2 Å². The first-order chi connectivity index (χ1) is 14.8. The maximum absolute atomic E-state index is 12.6. The minimum atomic E-state index is -1.11. The van der Waals surface area contributed by atoms with Crippen LogP contribution in [0.3, 0.4) is 0 Å². The average Bonchev–Trinajstić information content (AvgIpc) is 2.73. The lowest BCUT2D eigenvalue weighted by molar-refractivity contribution is -0.111. The Morgan fingerprint density at radius 2 is 1.77 bits per heavy atom. The van der Waals surface area contributed by atoms with Crippen molar-refractivity contribution in [2.24, 2.45) is 0 Å². The van der Waals surface area contributed by atoms with Gasteiger partial charge in [-0.15, -0.1) is 0 Å². The fraction of sp³-hybridized carbons (Fsp3) is 0.154. The van der Waals surface area contributed by atoms with Crippen molar-refractivity contribution in [3.63, 3.8) is 0 Å². The SMILES string of the molecule is CC(=CC(=O)Nc1cc(C#CCN(C)C)ccc1C(=O)O)c1ccc2ccccc2c1. The summed E-state index contributed by atoms with van der Waals surface area (Å²) in [5.41, 5.74) is 2.58. The Labute approximate surface area is 182 Å². The van der Waals surface area contributed by atoms with Gasteiger partial charge in [0.05, 0.1) is 17.8 Å². The van der Waals surface area contributed by atoms with Crippen molar-refractivity contribution >= 4 is 33.9 Å². The van der Waals surface area contributed by atoms with E-state index in [4.69, 9.17) is 0 Å². The number of aromatic carboxylic acids is 1. The van der Waals surface area contributed by atoms with E-state index >= 15 is 0 Å². The molecule has 0 spiro atoms. The summed E-state index contributed by atoms with van der Waals surface area (Å²) >= 11 is 0. The van der Waals surface area contributed by atoms with E-state index < -0.39 is 11.9 Å². The van der Waals surface area contributed by atoms with E-state index in [-0.39, 0.29) is 11.3 Å². The molecule has 0 unspecified atom stereocenters. The number of hydrogen-bond acceptors (Lipinski definition) is 3. The molecule has 156 valence electrons. The van der Waals surface area contributed by atoms with Crippen LogP contribution in [0.2, 0.25) is 0 Å². The molecule has 0 heterocycles. The van der Waals surface area contributed by atoms with Crippen LogP contribution in [0.25, 0.3) is 16.3 Å². The van der Waals surface area contributed by atoms with Crippen LogP contribution >= 0.6 is 0 Å². The van der Waals surface area contributed by atoms with Crippen LogP contribution in [0.15, 0.2) is 66.7 Å². The molecule has 1 amide bonds. The van der Waals surface area contributed by atoms with Gasteiger partial charge >= 0.3 is 5.97 Å².